The zero-order valence-corrected chi connectivity index (χ0v) is 18.3. The maximum Gasteiger partial charge on any atom is 0.137 e. The monoisotopic (exact) mass is 408 g/mol. The second-order valence-electron chi connectivity index (χ2n) is 7.40. The summed E-state index contributed by atoms with van der Waals surface area (Å²) in [5, 5.41) is 5.99. The van der Waals surface area contributed by atoms with Gasteiger partial charge < -0.3 is 4.98 Å². The third-order valence-corrected chi connectivity index (χ3v) is 5.20. The number of unbranched alkanes of at least 4 members (excludes halogenated alkanes) is 4. The molecule has 4 nitrogen and oxygen atoms in total. The Hall–Kier alpha value is -2.59. The Morgan fingerprint density at radius 1 is 1.14 bits per heavy atom. The Bertz CT molecular complexity index is 1100. The highest BCUT2D eigenvalue weighted by Crippen LogP contribution is 2.31. The third kappa shape index (κ3) is 4.88. The highest BCUT2D eigenvalue weighted by molar-refractivity contribution is 6.31. The number of nitrogens with one attached hydrogen (secondary N) is 1. The average molecular weight is 409 g/mol. The maximum atomic E-state index is 6.08. The van der Waals surface area contributed by atoms with Crippen LogP contribution in [0.15, 0.2) is 49.6 Å². The molecule has 0 fully saturated rings. The van der Waals surface area contributed by atoms with E-state index < -0.39 is 0 Å². The predicted octanol–water partition coefficient (Wildman–Crippen LogP) is 7.54. The van der Waals surface area contributed by atoms with Gasteiger partial charge in [-0.2, -0.15) is 5.10 Å². The summed E-state index contributed by atoms with van der Waals surface area (Å²) >= 11 is 6.08. The summed E-state index contributed by atoms with van der Waals surface area (Å²) in [6, 6.07) is 6.07. The van der Waals surface area contributed by atoms with E-state index in [1.807, 2.05) is 42.2 Å². The highest BCUT2D eigenvalue weighted by Gasteiger charge is 2.11. The van der Waals surface area contributed by atoms with Crippen molar-refractivity contribution in [2.24, 2.45) is 0 Å². The fourth-order valence-corrected chi connectivity index (χ4v) is 3.53. The van der Waals surface area contributed by atoms with E-state index in [9.17, 15) is 0 Å². The number of nitrogens with zero attached hydrogens (tertiary/aromatic N) is 3. The minimum absolute atomic E-state index is 0.626. The number of aromatic amines is 1. The number of hydrogen-bond donors (Lipinski definition) is 1. The van der Waals surface area contributed by atoms with Gasteiger partial charge in [-0.05, 0) is 36.3 Å². The fourth-order valence-electron chi connectivity index (χ4n) is 3.37. The molecule has 0 aromatic carbocycles. The van der Waals surface area contributed by atoms with Gasteiger partial charge in [-0.15, -0.1) is 0 Å². The Labute approximate surface area is 177 Å². The summed E-state index contributed by atoms with van der Waals surface area (Å²) < 4.78 is 1.85. The van der Waals surface area contributed by atoms with E-state index >= 15 is 0 Å². The number of pyridine rings is 2. The molecule has 0 unspecified atom stereocenters. The second kappa shape index (κ2) is 9.75. The molecule has 4 rings (SSSR count). The Balaban J connectivity index is 0.000000298. The summed E-state index contributed by atoms with van der Waals surface area (Å²) in [7, 11) is 0. The van der Waals surface area contributed by atoms with Gasteiger partial charge in [-0.3, -0.25) is 0 Å². The summed E-state index contributed by atoms with van der Waals surface area (Å²) in [5.41, 5.74) is 6.07. The van der Waals surface area contributed by atoms with Crippen LogP contribution in [-0.2, 0) is 0 Å². The van der Waals surface area contributed by atoms with E-state index in [2.05, 4.69) is 41.6 Å². The number of rotatable bonds is 6. The van der Waals surface area contributed by atoms with Gasteiger partial charge >= 0.3 is 0 Å². The molecule has 29 heavy (non-hydrogen) atoms. The maximum absolute atomic E-state index is 6.08. The lowest BCUT2D eigenvalue weighted by molar-refractivity contribution is 0.656. The van der Waals surface area contributed by atoms with Crippen LogP contribution >= 0.6 is 11.6 Å². The number of H-pyrrole nitrogens is 1. The summed E-state index contributed by atoms with van der Waals surface area (Å²) in [4.78, 5) is 7.49. The minimum Gasteiger partial charge on any atom is -0.346 e. The molecule has 0 saturated carbocycles. The van der Waals surface area contributed by atoms with E-state index in [1.165, 1.54) is 32.1 Å². The quantitative estimate of drug-likeness (QED) is 0.335. The van der Waals surface area contributed by atoms with Crippen molar-refractivity contribution in [3.8, 4) is 11.1 Å². The molecular formula is C24H29ClN4. The minimum atomic E-state index is 0.626. The van der Waals surface area contributed by atoms with Crippen LogP contribution in [0.3, 0.4) is 0 Å². The Morgan fingerprint density at radius 2 is 1.90 bits per heavy atom. The van der Waals surface area contributed by atoms with Crippen molar-refractivity contribution in [1.29, 1.82) is 0 Å². The second-order valence-corrected chi connectivity index (χ2v) is 7.83. The third-order valence-electron chi connectivity index (χ3n) is 5.00. The van der Waals surface area contributed by atoms with Crippen LogP contribution in [0, 0.1) is 0 Å². The summed E-state index contributed by atoms with van der Waals surface area (Å²) in [6.07, 6.45) is 14.4. The number of aromatic nitrogens is 4. The van der Waals surface area contributed by atoms with Gasteiger partial charge in [0, 0.05) is 35.1 Å². The molecule has 0 aliphatic carbocycles. The summed E-state index contributed by atoms with van der Waals surface area (Å²) in [6.45, 7) is 10.5. The van der Waals surface area contributed by atoms with E-state index in [-0.39, 0.29) is 0 Å². The molecule has 0 radical (unpaired) electrons. The van der Waals surface area contributed by atoms with Crippen LogP contribution < -0.4 is 0 Å². The Kier molecular flexibility index (Phi) is 7.10. The fraction of sp³-hybridized carbons (Fsp3) is 0.333. The lowest BCUT2D eigenvalue weighted by Gasteiger charge is -2.03. The molecule has 0 aliphatic heterocycles. The number of hydrogen-bond acceptors (Lipinski definition) is 2. The Morgan fingerprint density at radius 3 is 2.59 bits per heavy atom. The van der Waals surface area contributed by atoms with Crippen molar-refractivity contribution in [3.63, 3.8) is 0 Å². The molecule has 4 aromatic rings. The van der Waals surface area contributed by atoms with Crippen LogP contribution in [-0.4, -0.2) is 19.6 Å². The molecular weight excluding hydrogens is 380 g/mol. The van der Waals surface area contributed by atoms with Crippen LogP contribution in [0.1, 0.15) is 58.4 Å². The van der Waals surface area contributed by atoms with Crippen molar-refractivity contribution in [2.45, 2.75) is 52.9 Å². The van der Waals surface area contributed by atoms with E-state index in [0.29, 0.717) is 5.02 Å². The molecule has 4 heterocycles. The van der Waals surface area contributed by atoms with E-state index in [0.717, 1.165) is 38.8 Å². The SMILES string of the molecule is C=C(C)c1cnn2ccc(-c3c[nH]c4ncc(Cl)cc34)cc12.CCCCCCC. The largest absolute Gasteiger partial charge is 0.346 e. The topological polar surface area (TPSA) is 46.0 Å². The van der Waals surface area contributed by atoms with Crippen molar-refractivity contribution < 1.29 is 0 Å². The lowest BCUT2D eigenvalue weighted by Crippen LogP contribution is -1.87. The number of fused-ring (bicyclic) bond motifs is 2. The first kappa shape index (κ1) is 21.1. The van der Waals surface area contributed by atoms with Crippen molar-refractivity contribution >= 4 is 33.7 Å². The number of halogens is 1. The average Bonchev–Trinajstić information content (AvgIpc) is 3.32. The van der Waals surface area contributed by atoms with Crippen LogP contribution in [0.5, 0.6) is 0 Å². The van der Waals surface area contributed by atoms with Crippen LogP contribution in [0.4, 0.5) is 0 Å². The van der Waals surface area contributed by atoms with E-state index in [4.69, 9.17) is 11.6 Å². The van der Waals surface area contributed by atoms with Crippen molar-refractivity contribution in [2.75, 3.05) is 0 Å². The first-order valence-electron chi connectivity index (χ1n) is 10.3. The molecule has 152 valence electrons. The van der Waals surface area contributed by atoms with Gasteiger partial charge in [0.2, 0.25) is 0 Å². The normalized spacial score (nSPS) is 10.9. The molecule has 0 spiro atoms. The first-order chi connectivity index (χ1) is 14.0. The molecule has 0 bridgehead atoms. The van der Waals surface area contributed by atoms with E-state index in [1.54, 1.807) is 6.20 Å². The molecule has 1 N–H and O–H groups in total. The predicted molar refractivity (Wildman–Crippen MR) is 124 cm³/mol. The first-order valence-corrected chi connectivity index (χ1v) is 10.7. The number of allylic oxidation sites excluding steroid dienone is 1. The zero-order valence-electron chi connectivity index (χ0n) is 17.5. The van der Waals surface area contributed by atoms with Gasteiger partial charge in [-0.25, -0.2) is 9.50 Å². The summed E-state index contributed by atoms with van der Waals surface area (Å²) in [5.74, 6) is 0. The van der Waals surface area contributed by atoms with Gasteiger partial charge in [0.1, 0.15) is 5.65 Å². The molecule has 0 amide bonds. The van der Waals surface area contributed by atoms with Crippen LogP contribution in [0.25, 0.3) is 33.3 Å². The molecule has 4 aromatic heterocycles. The smallest absolute Gasteiger partial charge is 0.137 e. The standard InChI is InChI=1S/C17H13ClN4.C7H16/c1-10(2)14-9-21-22-4-3-11(5-16(14)22)15-8-20-17-13(15)6-12(18)7-19-17;1-3-5-7-6-4-2/h3-9H,1H2,2H3,(H,19,20);3-7H2,1-2H3. The molecule has 0 atom stereocenters. The zero-order chi connectivity index (χ0) is 20.8. The molecule has 0 aliphatic rings. The van der Waals surface area contributed by atoms with Crippen molar-refractivity contribution in [3.05, 3.63) is 60.2 Å². The van der Waals surface area contributed by atoms with Gasteiger partial charge in [0.05, 0.1) is 16.7 Å². The van der Waals surface area contributed by atoms with Gasteiger partial charge in [0.15, 0.2) is 0 Å². The lowest BCUT2D eigenvalue weighted by atomic mass is 10.0. The van der Waals surface area contributed by atoms with Crippen LogP contribution in [0.2, 0.25) is 5.02 Å². The van der Waals surface area contributed by atoms with Crippen molar-refractivity contribution in [1.82, 2.24) is 19.6 Å². The highest BCUT2D eigenvalue weighted by atomic mass is 35.5. The van der Waals surface area contributed by atoms with Gasteiger partial charge in [-0.1, -0.05) is 64.1 Å². The molecule has 0 saturated heterocycles. The molecule has 5 heteroatoms. The van der Waals surface area contributed by atoms with Gasteiger partial charge in [0.25, 0.3) is 0 Å².